The van der Waals surface area contributed by atoms with Crippen LogP contribution in [0.1, 0.15) is 44.5 Å². The summed E-state index contributed by atoms with van der Waals surface area (Å²) < 4.78 is 0. The Kier molecular flexibility index (Phi) is 13.7. The zero-order chi connectivity index (χ0) is 52.5. The Morgan fingerprint density at radius 2 is 0.434 bits per heavy atom. The van der Waals surface area contributed by atoms with Crippen molar-refractivity contribution in [2.45, 2.75) is 55.4 Å². The summed E-state index contributed by atoms with van der Waals surface area (Å²) in [5.74, 6) is 0. The molecule has 370 valence electrons. The van der Waals surface area contributed by atoms with Gasteiger partial charge in [0.2, 0.25) is 0 Å². The lowest BCUT2D eigenvalue weighted by atomic mass is 9.88. The second-order valence-corrected chi connectivity index (χ2v) is 20.7. The molecular formula is C74H64N2. The Bertz CT molecular complexity index is 3590. The largest absolute Gasteiger partial charge is 0.310 e. The second-order valence-electron chi connectivity index (χ2n) is 20.7. The average molecular weight is 981 g/mol. The molecule has 0 heterocycles. The van der Waals surface area contributed by atoms with Gasteiger partial charge in [-0.25, -0.2) is 0 Å². The summed E-state index contributed by atoms with van der Waals surface area (Å²) in [6.45, 7) is 17.7. The molecule has 11 aromatic carbocycles. The summed E-state index contributed by atoms with van der Waals surface area (Å²) in [4.78, 5) is 4.79. The summed E-state index contributed by atoms with van der Waals surface area (Å²) in [6.07, 6.45) is 0. The molecule has 11 rings (SSSR count). The quantitative estimate of drug-likeness (QED) is 0.120. The topological polar surface area (TPSA) is 6.48 Å². The molecule has 0 saturated carbocycles. The molecule has 0 aliphatic carbocycles. The standard InChI is InChI=1S/C74H64N2/c1-49-19-23-57(24-20-49)59-27-31-63(32-28-59)75(65-35-39-69(51(3)43-65)61-15-11-9-12-16-61)67-37-41-71(53(5)45-67)73-47-56(8)74(48-55(73)7)72-42-38-68(46-54(72)6)76(64-33-29-60(30-34-64)58-25-21-50(2)22-26-58)66-36-40-70(52(4)44-66)62-17-13-10-14-18-62/h9-48H,1-8H3. The summed E-state index contributed by atoms with van der Waals surface area (Å²) in [6, 6.07) is 89.4. The molecule has 2 nitrogen and oxygen atoms in total. The molecule has 76 heavy (non-hydrogen) atoms. The third kappa shape index (κ3) is 10.0. The fourth-order valence-electron chi connectivity index (χ4n) is 11.0. The van der Waals surface area contributed by atoms with Crippen LogP contribution in [0.25, 0.3) is 66.8 Å². The first kappa shape index (κ1) is 49.2. The molecule has 0 unspecified atom stereocenters. The molecule has 0 N–H and O–H groups in total. The monoisotopic (exact) mass is 981 g/mol. The van der Waals surface area contributed by atoms with Gasteiger partial charge in [0.25, 0.3) is 0 Å². The highest BCUT2D eigenvalue weighted by Crippen LogP contribution is 2.44. The molecule has 0 atom stereocenters. The molecule has 2 heteroatoms. The predicted molar refractivity (Wildman–Crippen MR) is 326 cm³/mol. The number of benzene rings is 11. The van der Waals surface area contributed by atoms with Gasteiger partial charge in [-0.2, -0.15) is 0 Å². The van der Waals surface area contributed by atoms with Crippen molar-refractivity contribution in [3.8, 4) is 66.8 Å². The Morgan fingerprint density at radius 1 is 0.184 bits per heavy atom. The zero-order valence-electron chi connectivity index (χ0n) is 45.0. The van der Waals surface area contributed by atoms with Gasteiger partial charge in [-0.1, -0.05) is 181 Å². The molecule has 0 aliphatic heterocycles. The second kappa shape index (κ2) is 21.1. The SMILES string of the molecule is Cc1ccc(-c2ccc(N(c3ccc(-c4ccccc4)c(C)c3)c3ccc(-c4cc(C)c(-c5ccc(N(c6ccc(-c7ccc(C)cc7)cc6)c6ccc(-c7ccccc7)c(C)c6)cc5C)cc4C)c(C)c3)cc2)cc1. The predicted octanol–water partition coefficient (Wildman–Crippen LogP) is 21.1. The van der Waals surface area contributed by atoms with E-state index in [0.717, 1.165) is 34.1 Å². The van der Waals surface area contributed by atoms with Gasteiger partial charge in [0.1, 0.15) is 0 Å². The van der Waals surface area contributed by atoms with Gasteiger partial charge in [-0.15, -0.1) is 0 Å². The van der Waals surface area contributed by atoms with Gasteiger partial charge in [0, 0.05) is 34.1 Å². The van der Waals surface area contributed by atoms with E-state index < -0.39 is 0 Å². The van der Waals surface area contributed by atoms with E-state index in [4.69, 9.17) is 0 Å². The van der Waals surface area contributed by atoms with Crippen molar-refractivity contribution < 1.29 is 0 Å². The molecule has 0 spiro atoms. The van der Waals surface area contributed by atoms with Crippen LogP contribution in [0.4, 0.5) is 34.1 Å². The number of nitrogens with zero attached hydrogens (tertiary/aromatic N) is 2. The van der Waals surface area contributed by atoms with Gasteiger partial charge >= 0.3 is 0 Å². The molecule has 0 fully saturated rings. The van der Waals surface area contributed by atoms with Crippen LogP contribution in [0.3, 0.4) is 0 Å². The zero-order valence-corrected chi connectivity index (χ0v) is 45.0. The lowest BCUT2D eigenvalue weighted by Gasteiger charge is -2.28. The lowest BCUT2D eigenvalue weighted by molar-refractivity contribution is 1.26. The van der Waals surface area contributed by atoms with Gasteiger partial charge in [-0.05, 0) is 228 Å². The van der Waals surface area contributed by atoms with Crippen molar-refractivity contribution in [1.82, 2.24) is 0 Å². The summed E-state index contributed by atoms with van der Waals surface area (Å²) in [5.41, 5.74) is 31.4. The maximum Gasteiger partial charge on any atom is 0.0464 e. The Hall–Kier alpha value is -8.98. The van der Waals surface area contributed by atoms with E-state index in [1.807, 2.05) is 0 Å². The van der Waals surface area contributed by atoms with Crippen LogP contribution in [0.15, 0.2) is 243 Å². The first-order valence-electron chi connectivity index (χ1n) is 26.6. The molecule has 0 radical (unpaired) electrons. The van der Waals surface area contributed by atoms with Crippen molar-refractivity contribution in [2.75, 3.05) is 9.80 Å². The smallest absolute Gasteiger partial charge is 0.0464 e. The summed E-state index contributed by atoms with van der Waals surface area (Å²) in [7, 11) is 0. The molecule has 11 aromatic rings. The fourth-order valence-corrected chi connectivity index (χ4v) is 11.0. The van der Waals surface area contributed by atoms with Crippen molar-refractivity contribution in [1.29, 1.82) is 0 Å². The van der Waals surface area contributed by atoms with Crippen LogP contribution in [0, 0.1) is 55.4 Å². The third-order valence-electron chi connectivity index (χ3n) is 15.2. The molecule has 0 saturated heterocycles. The first-order valence-corrected chi connectivity index (χ1v) is 26.6. The van der Waals surface area contributed by atoms with Crippen LogP contribution in [0.5, 0.6) is 0 Å². The molecule has 0 aromatic heterocycles. The number of aryl methyl sites for hydroxylation is 8. The molecule has 0 bridgehead atoms. The van der Waals surface area contributed by atoms with Crippen LogP contribution in [0.2, 0.25) is 0 Å². The summed E-state index contributed by atoms with van der Waals surface area (Å²) >= 11 is 0. The van der Waals surface area contributed by atoms with E-state index in [1.54, 1.807) is 0 Å². The third-order valence-corrected chi connectivity index (χ3v) is 15.2. The van der Waals surface area contributed by atoms with Crippen LogP contribution in [-0.4, -0.2) is 0 Å². The van der Waals surface area contributed by atoms with Crippen LogP contribution < -0.4 is 9.80 Å². The molecule has 0 aliphatic rings. The number of rotatable bonds is 12. The highest BCUT2D eigenvalue weighted by atomic mass is 15.1. The highest BCUT2D eigenvalue weighted by molar-refractivity contribution is 5.87. The van der Waals surface area contributed by atoms with Gasteiger partial charge < -0.3 is 9.80 Å². The summed E-state index contributed by atoms with van der Waals surface area (Å²) in [5, 5.41) is 0. The van der Waals surface area contributed by atoms with Crippen molar-refractivity contribution in [3.63, 3.8) is 0 Å². The van der Waals surface area contributed by atoms with Crippen molar-refractivity contribution in [2.24, 2.45) is 0 Å². The van der Waals surface area contributed by atoms with Crippen molar-refractivity contribution in [3.05, 3.63) is 287 Å². The minimum Gasteiger partial charge on any atom is -0.310 e. The van der Waals surface area contributed by atoms with E-state index in [1.165, 1.54) is 111 Å². The van der Waals surface area contributed by atoms with E-state index in [9.17, 15) is 0 Å². The van der Waals surface area contributed by atoms with E-state index in [-0.39, 0.29) is 0 Å². The minimum atomic E-state index is 1.11. The molecular weight excluding hydrogens is 917 g/mol. The maximum atomic E-state index is 2.40. The first-order chi connectivity index (χ1) is 36.9. The number of anilines is 6. The Morgan fingerprint density at radius 3 is 0.724 bits per heavy atom. The van der Waals surface area contributed by atoms with Crippen LogP contribution in [-0.2, 0) is 0 Å². The van der Waals surface area contributed by atoms with E-state index >= 15 is 0 Å². The minimum absolute atomic E-state index is 1.11. The fraction of sp³-hybridized carbons (Fsp3) is 0.108. The number of hydrogen-bond donors (Lipinski definition) is 0. The van der Waals surface area contributed by atoms with Gasteiger partial charge in [-0.3, -0.25) is 0 Å². The Balaban J connectivity index is 0.922. The maximum absolute atomic E-state index is 2.40. The number of hydrogen-bond acceptors (Lipinski definition) is 2. The highest BCUT2D eigenvalue weighted by Gasteiger charge is 2.20. The normalized spacial score (nSPS) is 11.2. The average Bonchev–Trinajstić information content (AvgIpc) is 3.47. The molecule has 0 amide bonds. The van der Waals surface area contributed by atoms with Crippen molar-refractivity contribution >= 4 is 34.1 Å². The Labute approximate surface area is 450 Å². The van der Waals surface area contributed by atoms with Gasteiger partial charge in [0.15, 0.2) is 0 Å². The lowest BCUT2D eigenvalue weighted by Crippen LogP contribution is -2.11. The van der Waals surface area contributed by atoms with Gasteiger partial charge in [0.05, 0.1) is 0 Å². The van der Waals surface area contributed by atoms with E-state index in [2.05, 4.69) is 308 Å². The van der Waals surface area contributed by atoms with E-state index in [0.29, 0.717) is 0 Å². The van der Waals surface area contributed by atoms with Crippen LogP contribution >= 0.6 is 0 Å².